The molecule has 0 spiro atoms. The molecule has 1 fully saturated rings. The van der Waals surface area contributed by atoms with Crippen LogP contribution in [0.2, 0.25) is 0 Å². The fourth-order valence-electron chi connectivity index (χ4n) is 1.49. The second-order valence-electron chi connectivity index (χ2n) is 4.74. The number of hydrogen-bond donors (Lipinski definition) is 0. The molecule has 1 heterocycles. The average Bonchev–Trinajstić information content (AvgIpc) is 2.88. The minimum absolute atomic E-state index is 0.333. The molecule has 0 radical (unpaired) electrons. The third-order valence-corrected chi connectivity index (χ3v) is 2.84. The van der Waals surface area contributed by atoms with Crippen molar-refractivity contribution in [3.8, 4) is 0 Å². The van der Waals surface area contributed by atoms with Gasteiger partial charge in [0.05, 0.1) is 0 Å². The van der Waals surface area contributed by atoms with E-state index in [-0.39, 0.29) is 0 Å². The lowest BCUT2D eigenvalue weighted by Crippen LogP contribution is -2.19. The summed E-state index contributed by atoms with van der Waals surface area (Å²) in [6, 6.07) is 0.652. The van der Waals surface area contributed by atoms with Crippen molar-refractivity contribution in [2.24, 2.45) is 5.92 Å². The molecule has 0 N–H and O–H groups in total. The van der Waals surface area contributed by atoms with Gasteiger partial charge in [-0.15, -0.1) is 0 Å². The second kappa shape index (κ2) is 4.21. The van der Waals surface area contributed by atoms with Gasteiger partial charge >= 0.3 is 6.01 Å². The highest BCUT2D eigenvalue weighted by atomic mass is 16.5. The molecule has 0 aliphatic heterocycles. The lowest BCUT2D eigenvalue weighted by atomic mass is 10.2. The molecule has 2 rings (SSSR count). The predicted molar refractivity (Wildman–Crippen MR) is 59.0 cm³/mol. The lowest BCUT2D eigenvalue weighted by molar-refractivity contribution is 0.406. The molecular formula is C11H19N3O. The molecule has 1 aromatic rings. The van der Waals surface area contributed by atoms with Crippen LogP contribution in [0.25, 0.3) is 0 Å². The Morgan fingerprint density at radius 1 is 1.47 bits per heavy atom. The largest absolute Gasteiger partial charge is 0.327 e. The fourth-order valence-corrected chi connectivity index (χ4v) is 1.49. The molecule has 1 saturated carbocycles. The van der Waals surface area contributed by atoms with Crippen molar-refractivity contribution in [1.29, 1.82) is 0 Å². The molecule has 0 bridgehead atoms. The molecule has 1 aromatic heterocycles. The van der Waals surface area contributed by atoms with Gasteiger partial charge in [-0.25, -0.2) is 0 Å². The van der Waals surface area contributed by atoms with E-state index < -0.39 is 0 Å². The van der Waals surface area contributed by atoms with Crippen LogP contribution >= 0.6 is 0 Å². The van der Waals surface area contributed by atoms with Crippen molar-refractivity contribution in [2.75, 3.05) is 18.5 Å². The Balaban J connectivity index is 1.88. The summed E-state index contributed by atoms with van der Waals surface area (Å²) in [6.07, 6.45) is 4.04. The highest BCUT2D eigenvalue weighted by molar-refractivity contribution is 5.23. The van der Waals surface area contributed by atoms with Crippen molar-refractivity contribution < 1.29 is 4.52 Å². The van der Waals surface area contributed by atoms with E-state index in [1.165, 1.54) is 19.3 Å². The van der Waals surface area contributed by atoms with E-state index in [9.17, 15) is 0 Å². The zero-order valence-electron chi connectivity index (χ0n) is 9.73. The van der Waals surface area contributed by atoms with E-state index in [1.807, 2.05) is 7.05 Å². The zero-order chi connectivity index (χ0) is 10.8. The van der Waals surface area contributed by atoms with Crippen LogP contribution in [-0.4, -0.2) is 23.7 Å². The molecular weight excluding hydrogens is 190 g/mol. The summed E-state index contributed by atoms with van der Waals surface area (Å²) in [5.74, 6) is 2.07. The van der Waals surface area contributed by atoms with Gasteiger partial charge in [-0.3, -0.25) is 0 Å². The molecule has 84 valence electrons. The van der Waals surface area contributed by atoms with E-state index in [0.29, 0.717) is 11.9 Å². The summed E-state index contributed by atoms with van der Waals surface area (Å²) >= 11 is 0. The van der Waals surface area contributed by atoms with E-state index in [4.69, 9.17) is 4.52 Å². The van der Waals surface area contributed by atoms with Gasteiger partial charge in [-0.2, -0.15) is 4.98 Å². The maximum atomic E-state index is 5.21. The molecule has 4 nitrogen and oxygen atoms in total. The molecule has 1 aliphatic rings. The molecule has 0 unspecified atom stereocenters. The quantitative estimate of drug-likeness (QED) is 0.747. The first-order valence-corrected chi connectivity index (χ1v) is 5.71. The van der Waals surface area contributed by atoms with Gasteiger partial charge in [0.1, 0.15) is 0 Å². The van der Waals surface area contributed by atoms with Crippen LogP contribution in [0.1, 0.15) is 44.9 Å². The number of hydrogen-bond acceptors (Lipinski definition) is 4. The minimum Gasteiger partial charge on any atom is -0.327 e. The van der Waals surface area contributed by atoms with Gasteiger partial charge in [0.25, 0.3) is 0 Å². The van der Waals surface area contributed by atoms with Crippen LogP contribution in [-0.2, 0) is 0 Å². The topological polar surface area (TPSA) is 42.2 Å². The minimum atomic E-state index is 0.333. The SMILES string of the molecule is CC(C)c1noc(N(C)CCC2CC2)n1. The Bertz CT molecular complexity index is 317. The summed E-state index contributed by atoms with van der Waals surface area (Å²) < 4.78 is 5.21. The highest BCUT2D eigenvalue weighted by Gasteiger charge is 2.22. The van der Waals surface area contributed by atoms with Crippen LogP contribution in [0.4, 0.5) is 6.01 Å². The summed E-state index contributed by atoms with van der Waals surface area (Å²) in [6.45, 7) is 5.15. The van der Waals surface area contributed by atoms with Gasteiger partial charge in [0.2, 0.25) is 0 Å². The third kappa shape index (κ3) is 2.70. The normalized spacial score (nSPS) is 16.0. The Labute approximate surface area is 90.7 Å². The van der Waals surface area contributed by atoms with Crippen molar-refractivity contribution in [3.63, 3.8) is 0 Å². The monoisotopic (exact) mass is 209 g/mol. The predicted octanol–water partition coefficient (Wildman–Crippen LogP) is 2.43. The first-order chi connectivity index (χ1) is 7.16. The van der Waals surface area contributed by atoms with Gasteiger partial charge in [0, 0.05) is 19.5 Å². The van der Waals surface area contributed by atoms with Crippen LogP contribution in [0.3, 0.4) is 0 Å². The zero-order valence-corrected chi connectivity index (χ0v) is 9.73. The van der Waals surface area contributed by atoms with Crippen LogP contribution in [0, 0.1) is 5.92 Å². The van der Waals surface area contributed by atoms with Crippen molar-refractivity contribution in [2.45, 2.75) is 39.0 Å². The first kappa shape index (κ1) is 10.5. The second-order valence-corrected chi connectivity index (χ2v) is 4.74. The maximum Gasteiger partial charge on any atom is 0.323 e. The summed E-state index contributed by atoms with van der Waals surface area (Å²) in [7, 11) is 2.01. The van der Waals surface area contributed by atoms with Crippen molar-refractivity contribution in [3.05, 3.63) is 5.82 Å². The molecule has 0 saturated heterocycles. The van der Waals surface area contributed by atoms with Crippen molar-refractivity contribution >= 4 is 6.01 Å². The summed E-state index contributed by atoms with van der Waals surface area (Å²) in [5.41, 5.74) is 0. The molecule has 15 heavy (non-hydrogen) atoms. The van der Waals surface area contributed by atoms with Crippen molar-refractivity contribution in [1.82, 2.24) is 10.1 Å². The van der Waals surface area contributed by atoms with E-state index in [0.717, 1.165) is 18.3 Å². The highest BCUT2D eigenvalue weighted by Crippen LogP contribution is 2.32. The first-order valence-electron chi connectivity index (χ1n) is 5.71. The van der Waals surface area contributed by atoms with Gasteiger partial charge in [-0.1, -0.05) is 31.8 Å². The fraction of sp³-hybridized carbons (Fsp3) is 0.818. The Morgan fingerprint density at radius 3 is 2.73 bits per heavy atom. The lowest BCUT2D eigenvalue weighted by Gasteiger charge is -2.12. The average molecular weight is 209 g/mol. The van der Waals surface area contributed by atoms with E-state index >= 15 is 0 Å². The smallest absolute Gasteiger partial charge is 0.323 e. The third-order valence-electron chi connectivity index (χ3n) is 2.84. The molecule has 0 aromatic carbocycles. The summed E-state index contributed by atoms with van der Waals surface area (Å²) in [5, 5.41) is 3.95. The van der Waals surface area contributed by atoms with Gasteiger partial charge in [0.15, 0.2) is 5.82 Å². The Hall–Kier alpha value is -1.06. The standard InChI is InChI=1S/C11H19N3O/c1-8(2)10-12-11(15-13-10)14(3)7-6-9-4-5-9/h8-9H,4-7H2,1-3H3. The maximum absolute atomic E-state index is 5.21. The molecule has 4 heteroatoms. The van der Waals surface area contributed by atoms with Crippen LogP contribution < -0.4 is 4.90 Å². The number of anilines is 1. The molecule has 1 aliphatic carbocycles. The van der Waals surface area contributed by atoms with Gasteiger partial charge < -0.3 is 9.42 Å². The summed E-state index contributed by atoms with van der Waals surface area (Å²) in [4.78, 5) is 6.41. The Kier molecular flexibility index (Phi) is 2.93. The number of nitrogens with zero attached hydrogens (tertiary/aromatic N) is 3. The molecule has 0 amide bonds. The van der Waals surface area contributed by atoms with Crippen LogP contribution in [0.5, 0.6) is 0 Å². The van der Waals surface area contributed by atoms with E-state index in [2.05, 4.69) is 28.9 Å². The Morgan fingerprint density at radius 2 is 2.20 bits per heavy atom. The van der Waals surface area contributed by atoms with E-state index in [1.54, 1.807) is 0 Å². The van der Waals surface area contributed by atoms with Crippen LogP contribution in [0.15, 0.2) is 4.52 Å². The number of rotatable bonds is 5. The number of aromatic nitrogens is 2. The van der Waals surface area contributed by atoms with Gasteiger partial charge in [-0.05, 0) is 12.3 Å². The molecule has 0 atom stereocenters.